The molecule has 3 N–H and O–H groups in total. The van der Waals surface area contributed by atoms with Gasteiger partial charge in [0.1, 0.15) is 28.9 Å². The number of nitrogen functional groups attached to an aromatic ring is 1. The normalized spacial score (nSPS) is 11.4. The smallest absolute Gasteiger partial charge is 0.412 e. The van der Waals surface area contributed by atoms with E-state index in [1.165, 1.54) is 15.5 Å². The topological polar surface area (TPSA) is 126 Å². The molecule has 5 rings (SSSR count). The number of fused-ring (bicyclic) bond motifs is 1. The van der Waals surface area contributed by atoms with E-state index in [9.17, 15) is 9.59 Å². The Morgan fingerprint density at radius 1 is 0.925 bits per heavy atom. The minimum Gasteiger partial charge on any atom is -0.457 e. The van der Waals surface area contributed by atoms with E-state index >= 15 is 0 Å². The SMILES string of the molecule is Cc1cc(NC(=O)OC(C)(C)C)cc(-n2c(=O)n(-c3ccc(Oc4ccccc4)cc3C)c3c(N)ncnc32)c1. The van der Waals surface area contributed by atoms with Gasteiger partial charge >= 0.3 is 11.8 Å². The van der Waals surface area contributed by atoms with Crippen LogP contribution in [0.2, 0.25) is 0 Å². The van der Waals surface area contributed by atoms with Crippen LogP contribution in [0.5, 0.6) is 11.5 Å². The monoisotopic (exact) mass is 538 g/mol. The summed E-state index contributed by atoms with van der Waals surface area (Å²) in [6.07, 6.45) is 0.718. The van der Waals surface area contributed by atoms with Gasteiger partial charge in [0.15, 0.2) is 11.5 Å². The number of hydrogen-bond acceptors (Lipinski definition) is 7. The van der Waals surface area contributed by atoms with E-state index in [2.05, 4.69) is 15.3 Å². The number of nitrogens with one attached hydrogen (secondary N) is 1. The lowest BCUT2D eigenvalue weighted by Crippen LogP contribution is -2.27. The average molecular weight is 539 g/mol. The van der Waals surface area contributed by atoms with Gasteiger partial charge in [-0.05, 0) is 94.3 Å². The summed E-state index contributed by atoms with van der Waals surface area (Å²) >= 11 is 0. The van der Waals surface area contributed by atoms with Crippen molar-refractivity contribution in [1.29, 1.82) is 0 Å². The average Bonchev–Trinajstić information content (AvgIpc) is 3.16. The predicted molar refractivity (Wildman–Crippen MR) is 155 cm³/mol. The van der Waals surface area contributed by atoms with Crippen LogP contribution in [0.1, 0.15) is 31.9 Å². The molecular weight excluding hydrogens is 508 g/mol. The Balaban J connectivity index is 1.61. The number of rotatable bonds is 5. The predicted octanol–water partition coefficient (Wildman–Crippen LogP) is 5.91. The molecule has 0 spiro atoms. The number of amides is 1. The van der Waals surface area contributed by atoms with Gasteiger partial charge in [0.2, 0.25) is 0 Å². The van der Waals surface area contributed by atoms with Crippen molar-refractivity contribution in [3.05, 3.63) is 94.7 Å². The van der Waals surface area contributed by atoms with Crippen LogP contribution in [0.25, 0.3) is 22.5 Å². The Morgan fingerprint density at radius 2 is 1.68 bits per heavy atom. The van der Waals surface area contributed by atoms with Crippen molar-refractivity contribution in [3.63, 3.8) is 0 Å². The van der Waals surface area contributed by atoms with Crippen LogP contribution in [0.3, 0.4) is 0 Å². The van der Waals surface area contributed by atoms with Gasteiger partial charge in [0, 0.05) is 5.69 Å². The van der Waals surface area contributed by atoms with Crippen molar-refractivity contribution in [3.8, 4) is 22.9 Å². The first-order valence-electron chi connectivity index (χ1n) is 12.7. The largest absolute Gasteiger partial charge is 0.457 e. The Labute approximate surface area is 231 Å². The van der Waals surface area contributed by atoms with E-state index in [1.807, 2.05) is 56.3 Å². The third-order valence-electron chi connectivity index (χ3n) is 6.00. The molecule has 10 heteroatoms. The Morgan fingerprint density at radius 3 is 2.38 bits per heavy atom. The highest BCUT2D eigenvalue weighted by atomic mass is 16.6. The number of carbonyl (C=O) groups is 1. The fraction of sp³-hybridized carbons (Fsp3) is 0.200. The molecule has 2 heterocycles. The van der Waals surface area contributed by atoms with Crippen molar-refractivity contribution in [2.45, 2.75) is 40.2 Å². The number of aryl methyl sites for hydroxylation is 2. The highest BCUT2D eigenvalue weighted by Crippen LogP contribution is 2.29. The number of benzene rings is 3. The zero-order chi connectivity index (χ0) is 28.6. The summed E-state index contributed by atoms with van der Waals surface area (Å²) in [4.78, 5) is 35.0. The molecule has 40 heavy (non-hydrogen) atoms. The van der Waals surface area contributed by atoms with Crippen LogP contribution in [-0.4, -0.2) is 30.8 Å². The number of hydrogen-bond donors (Lipinski definition) is 2. The number of nitrogens with two attached hydrogens (primary N) is 1. The van der Waals surface area contributed by atoms with Gasteiger partial charge in [-0.3, -0.25) is 9.88 Å². The number of carbonyl (C=O) groups excluding carboxylic acids is 1. The zero-order valence-electron chi connectivity index (χ0n) is 22.9. The van der Waals surface area contributed by atoms with Crippen molar-refractivity contribution in [1.82, 2.24) is 19.1 Å². The Kier molecular flexibility index (Phi) is 6.76. The maximum atomic E-state index is 14.1. The fourth-order valence-corrected chi connectivity index (χ4v) is 4.46. The molecule has 2 aromatic heterocycles. The maximum Gasteiger partial charge on any atom is 0.412 e. The molecule has 0 saturated heterocycles. The van der Waals surface area contributed by atoms with Crippen molar-refractivity contribution >= 4 is 28.8 Å². The first kappa shape index (κ1) is 26.5. The van der Waals surface area contributed by atoms with Gasteiger partial charge in [-0.25, -0.2) is 24.1 Å². The molecule has 0 saturated carbocycles. The molecule has 204 valence electrons. The molecule has 0 atom stereocenters. The molecule has 10 nitrogen and oxygen atoms in total. The number of para-hydroxylation sites is 1. The second-order valence-electron chi connectivity index (χ2n) is 10.4. The molecule has 0 unspecified atom stereocenters. The van der Waals surface area contributed by atoms with Gasteiger partial charge in [0.05, 0.1) is 11.4 Å². The molecular formula is C30H30N6O4. The molecule has 1 amide bonds. The van der Waals surface area contributed by atoms with Gasteiger partial charge in [-0.2, -0.15) is 0 Å². The van der Waals surface area contributed by atoms with Crippen LogP contribution in [0, 0.1) is 13.8 Å². The van der Waals surface area contributed by atoms with Crippen LogP contribution >= 0.6 is 0 Å². The third-order valence-corrected chi connectivity index (χ3v) is 6.00. The molecule has 0 aliphatic carbocycles. The maximum absolute atomic E-state index is 14.1. The summed E-state index contributed by atoms with van der Waals surface area (Å²) in [6.45, 7) is 9.12. The second-order valence-corrected chi connectivity index (χ2v) is 10.4. The second kappa shape index (κ2) is 10.2. The lowest BCUT2D eigenvalue weighted by atomic mass is 10.2. The summed E-state index contributed by atoms with van der Waals surface area (Å²) in [7, 11) is 0. The van der Waals surface area contributed by atoms with Crippen LogP contribution in [0.15, 0.2) is 77.9 Å². The van der Waals surface area contributed by atoms with E-state index in [4.69, 9.17) is 15.2 Å². The fourth-order valence-electron chi connectivity index (χ4n) is 4.46. The van der Waals surface area contributed by atoms with Crippen LogP contribution in [-0.2, 0) is 4.74 Å². The van der Waals surface area contributed by atoms with E-state index in [-0.39, 0.29) is 5.82 Å². The molecule has 0 aliphatic heterocycles. The minimum absolute atomic E-state index is 0.157. The molecule has 0 fully saturated rings. The summed E-state index contributed by atoms with van der Waals surface area (Å²) in [5, 5.41) is 2.75. The lowest BCUT2D eigenvalue weighted by Gasteiger charge is -2.20. The molecule has 0 aliphatic rings. The molecule has 0 radical (unpaired) electrons. The Bertz CT molecular complexity index is 1780. The molecule has 5 aromatic rings. The minimum atomic E-state index is -0.658. The lowest BCUT2D eigenvalue weighted by molar-refractivity contribution is 0.0636. The summed E-state index contributed by atoms with van der Waals surface area (Å²) in [6, 6.07) is 20.2. The quantitative estimate of drug-likeness (QED) is 0.285. The summed E-state index contributed by atoms with van der Waals surface area (Å²) in [5.41, 5.74) is 9.13. The molecule has 3 aromatic carbocycles. The highest BCUT2D eigenvalue weighted by Gasteiger charge is 2.22. The Hall–Kier alpha value is -5.12. The first-order chi connectivity index (χ1) is 19.0. The number of anilines is 2. The van der Waals surface area contributed by atoms with E-state index in [0.29, 0.717) is 39.7 Å². The van der Waals surface area contributed by atoms with Gasteiger partial charge in [0.25, 0.3) is 0 Å². The number of imidazole rings is 1. The summed E-state index contributed by atoms with van der Waals surface area (Å²) < 4.78 is 14.3. The van der Waals surface area contributed by atoms with E-state index in [1.54, 1.807) is 45.0 Å². The number of aromatic nitrogens is 4. The standard InChI is InChI=1S/C30H30N6O4/c1-18-13-20(34-28(37)40-30(3,4)5)16-21(14-18)35-27-25(26(31)32-17-33-27)36(29(35)38)24-12-11-23(15-19(24)2)39-22-9-7-6-8-10-22/h6-17H,1-5H3,(H,34,37)(H2,31,32,33). The first-order valence-corrected chi connectivity index (χ1v) is 12.7. The van der Waals surface area contributed by atoms with Crippen molar-refractivity contribution in [2.24, 2.45) is 0 Å². The van der Waals surface area contributed by atoms with Crippen molar-refractivity contribution in [2.75, 3.05) is 11.1 Å². The number of nitrogens with zero attached hydrogens (tertiary/aromatic N) is 4. The van der Waals surface area contributed by atoms with E-state index < -0.39 is 17.4 Å². The van der Waals surface area contributed by atoms with Gasteiger partial charge in [-0.1, -0.05) is 18.2 Å². The van der Waals surface area contributed by atoms with E-state index in [0.717, 1.165) is 11.1 Å². The van der Waals surface area contributed by atoms with Gasteiger partial charge in [-0.15, -0.1) is 0 Å². The highest BCUT2D eigenvalue weighted by molar-refractivity contribution is 5.87. The zero-order valence-corrected chi connectivity index (χ0v) is 22.9. The third kappa shape index (κ3) is 5.37. The van der Waals surface area contributed by atoms with Crippen LogP contribution in [0.4, 0.5) is 16.3 Å². The van der Waals surface area contributed by atoms with Crippen molar-refractivity contribution < 1.29 is 14.3 Å². The van der Waals surface area contributed by atoms with Crippen LogP contribution < -0.4 is 21.5 Å². The van der Waals surface area contributed by atoms with Gasteiger partial charge < -0.3 is 15.2 Å². The number of ether oxygens (including phenoxy) is 2. The molecule has 0 bridgehead atoms. The summed E-state index contributed by atoms with van der Waals surface area (Å²) in [5.74, 6) is 1.49.